The lowest BCUT2D eigenvalue weighted by molar-refractivity contribution is -0.153. The van der Waals surface area contributed by atoms with Crippen LogP contribution in [-0.2, 0) is 9.59 Å². The third kappa shape index (κ3) is 1.56. The summed E-state index contributed by atoms with van der Waals surface area (Å²) in [6.45, 7) is 0.630. The third-order valence-electron chi connectivity index (χ3n) is 4.28. The highest BCUT2D eigenvalue weighted by molar-refractivity contribution is 6.01. The molecule has 0 bridgehead atoms. The van der Waals surface area contributed by atoms with Crippen LogP contribution in [0.2, 0.25) is 0 Å². The Balaban J connectivity index is 1.64. The minimum atomic E-state index is -0.0858. The number of likely N-dealkylation sites (tertiary alicyclic amines) is 1. The number of amides is 2. The summed E-state index contributed by atoms with van der Waals surface area (Å²) in [4.78, 5) is 24.7. The maximum atomic E-state index is 12.0. The summed E-state index contributed by atoms with van der Waals surface area (Å²) in [7, 11) is 0. The number of imide groups is 1. The van der Waals surface area contributed by atoms with Crippen LogP contribution in [-0.4, -0.2) is 35.3 Å². The van der Waals surface area contributed by atoms with E-state index >= 15 is 0 Å². The molecule has 4 heteroatoms. The number of rotatable bonds is 1. The number of β-lactam (4-membered cyclic amide) rings is 1. The summed E-state index contributed by atoms with van der Waals surface area (Å²) in [6.07, 6.45) is 6.50. The van der Waals surface area contributed by atoms with Gasteiger partial charge in [0.25, 0.3) is 0 Å². The maximum Gasteiger partial charge on any atom is 0.246 e. The van der Waals surface area contributed by atoms with Crippen LogP contribution >= 0.6 is 0 Å². The van der Waals surface area contributed by atoms with Gasteiger partial charge >= 0.3 is 0 Å². The first-order valence-electron chi connectivity index (χ1n) is 6.36. The smallest absolute Gasteiger partial charge is 0.246 e. The van der Waals surface area contributed by atoms with Gasteiger partial charge in [-0.05, 0) is 25.2 Å². The monoisotopic (exact) mass is 222 g/mol. The largest absolute Gasteiger partial charge is 0.303 e. The lowest BCUT2D eigenvalue weighted by Gasteiger charge is -2.31. The van der Waals surface area contributed by atoms with Crippen molar-refractivity contribution in [1.29, 1.82) is 0 Å². The van der Waals surface area contributed by atoms with Gasteiger partial charge in [0, 0.05) is 19.0 Å². The van der Waals surface area contributed by atoms with Crippen molar-refractivity contribution < 1.29 is 9.59 Å². The van der Waals surface area contributed by atoms with Crippen molar-refractivity contribution >= 4 is 11.8 Å². The first kappa shape index (κ1) is 10.3. The van der Waals surface area contributed by atoms with Gasteiger partial charge in [-0.2, -0.15) is 0 Å². The van der Waals surface area contributed by atoms with Crippen molar-refractivity contribution in [3.63, 3.8) is 0 Å². The molecule has 1 saturated carbocycles. The molecule has 2 amide bonds. The summed E-state index contributed by atoms with van der Waals surface area (Å²) >= 11 is 0. The molecule has 0 aromatic heterocycles. The normalized spacial score (nSPS) is 38.1. The Labute approximate surface area is 95.4 Å². The van der Waals surface area contributed by atoms with E-state index in [1.807, 2.05) is 0 Å². The topological polar surface area (TPSA) is 49.4 Å². The van der Waals surface area contributed by atoms with Gasteiger partial charge in [-0.25, -0.2) is 0 Å². The second kappa shape index (κ2) is 3.84. The third-order valence-corrected chi connectivity index (χ3v) is 4.28. The average Bonchev–Trinajstić information content (AvgIpc) is 2.70. The van der Waals surface area contributed by atoms with Crippen LogP contribution in [0.5, 0.6) is 0 Å². The van der Waals surface area contributed by atoms with E-state index in [1.54, 1.807) is 0 Å². The molecule has 0 aromatic rings. The Bertz CT molecular complexity index is 315. The van der Waals surface area contributed by atoms with Crippen molar-refractivity contribution in [1.82, 2.24) is 10.2 Å². The number of hydrogen-bond acceptors (Lipinski definition) is 3. The SMILES string of the molecule is O=C1CCN1C(=O)[C@@H]1C[C@@H]2CCCC[C@@H]2N1. The second-order valence-corrected chi connectivity index (χ2v) is 5.24. The van der Waals surface area contributed by atoms with Crippen molar-refractivity contribution in [2.24, 2.45) is 5.92 Å². The Hall–Kier alpha value is -0.900. The van der Waals surface area contributed by atoms with Crippen molar-refractivity contribution in [3.05, 3.63) is 0 Å². The van der Waals surface area contributed by atoms with Crippen LogP contribution in [0.25, 0.3) is 0 Å². The summed E-state index contributed by atoms with van der Waals surface area (Å²) in [5.41, 5.74) is 0. The quantitative estimate of drug-likeness (QED) is 0.524. The molecule has 2 heterocycles. The Morgan fingerprint density at radius 2 is 2.12 bits per heavy atom. The van der Waals surface area contributed by atoms with E-state index in [1.165, 1.54) is 30.6 Å². The molecule has 0 unspecified atom stereocenters. The molecule has 0 radical (unpaired) electrons. The number of nitrogens with zero attached hydrogens (tertiary/aromatic N) is 1. The van der Waals surface area contributed by atoms with Gasteiger partial charge in [0.1, 0.15) is 0 Å². The van der Waals surface area contributed by atoms with Gasteiger partial charge in [-0.15, -0.1) is 0 Å². The maximum absolute atomic E-state index is 12.0. The summed E-state index contributed by atoms with van der Waals surface area (Å²) in [5.74, 6) is 0.686. The van der Waals surface area contributed by atoms with E-state index in [0.29, 0.717) is 24.9 Å². The van der Waals surface area contributed by atoms with E-state index in [4.69, 9.17) is 0 Å². The van der Waals surface area contributed by atoms with Crippen molar-refractivity contribution in [2.45, 2.75) is 50.6 Å². The van der Waals surface area contributed by atoms with Crippen molar-refractivity contribution in [2.75, 3.05) is 6.54 Å². The predicted molar refractivity (Wildman–Crippen MR) is 58.6 cm³/mol. The summed E-state index contributed by atoms with van der Waals surface area (Å²) < 4.78 is 0. The zero-order chi connectivity index (χ0) is 11.1. The Morgan fingerprint density at radius 3 is 2.75 bits per heavy atom. The van der Waals surface area contributed by atoms with Crippen LogP contribution in [0.3, 0.4) is 0 Å². The fourth-order valence-corrected chi connectivity index (χ4v) is 3.25. The molecule has 3 aliphatic rings. The molecule has 0 spiro atoms. The van der Waals surface area contributed by atoms with Gasteiger partial charge in [0.2, 0.25) is 11.8 Å². The zero-order valence-corrected chi connectivity index (χ0v) is 9.45. The van der Waals surface area contributed by atoms with Crippen LogP contribution < -0.4 is 5.32 Å². The number of hydrogen-bond donors (Lipinski definition) is 1. The molecule has 3 atom stereocenters. The molecule has 16 heavy (non-hydrogen) atoms. The average molecular weight is 222 g/mol. The fourth-order valence-electron chi connectivity index (χ4n) is 3.25. The molecule has 1 aliphatic carbocycles. The molecular formula is C12H18N2O2. The molecular weight excluding hydrogens is 204 g/mol. The van der Waals surface area contributed by atoms with Gasteiger partial charge < -0.3 is 5.32 Å². The lowest BCUT2D eigenvalue weighted by Crippen LogP contribution is -2.54. The highest BCUT2D eigenvalue weighted by atomic mass is 16.2. The number of carbonyl (C=O) groups excluding carboxylic acids is 2. The molecule has 2 aliphatic heterocycles. The minimum Gasteiger partial charge on any atom is -0.303 e. The number of carbonyl (C=O) groups is 2. The van der Waals surface area contributed by atoms with E-state index in [9.17, 15) is 9.59 Å². The van der Waals surface area contributed by atoms with Gasteiger partial charge in [0.15, 0.2) is 0 Å². The van der Waals surface area contributed by atoms with E-state index < -0.39 is 0 Å². The zero-order valence-electron chi connectivity index (χ0n) is 9.45. The highest BCUT2D eigenvalue weighted by Crippen LogP contribution is 2.34. The molecule has 1 N–H and O–H groups in total. The van der Waals surface area contributed by atoms with E-state index in [0.717, 1.165) is 6.42 Å². The molecule has 88 valence electrons. The number of nitrogens with one attached hydrogen (secondary N) is 1. The van der Waals surface area contributed by atoms with Gasteiger partial charge in [0.05, 0.1) is 6.04 Å². The summed E-state index contributed by atoms with van der Waals surface area (Å²) in [6, 6.07) is 0.441. The summed E-state index contributed by atoms with van der Waals surface area (Å²) in [5, 5.41) is 3.42. The van der Waals surface area contributed by atoms with Crippen LogP contribution in [0.15, 0.2) is 0 Å². The predicted octanol–water partition coefficient (Wildman–Crippen LogP) is 0.666. The van der Waals surface area contributed by atoms with Crippen molar-refractivity contribution in [3.8, 4) is 0 Å². The number of fused-ring (bicyclic) bond motifs is 1. The minimum absolute atomic E-state index is 0.00155. The highest BCUT2D eigenvalue weighted by Gasteiger charge is 2.42. The van der Waals surface area contributed by atoms with Crippen LogP contribution in [0, 0.1) is 5.92 Å². The molecule has 0 aromatic carbocycles. The fraction of sp³-hybridized carbons (Fsp3) is 0.833. The first-order chi connectivity index (χ1) is 7.75. The molecule has 3 rings (SSSR count). The Morgan fingerprint density at radius 1 is 1.31 bits per heavy atom. The second-order valence-electron chi connectivity index (χ2n) is 5.24. The Kier molecular flexibility index (Phi) is 2.46. The van der Waals surface area contributed by atoms with E-state index in [-0.39, 0.29) is 17.9 Å². The molecule has 4 nitrogen and oxygen atoms in total. The van der Waals surface area contributed by atoms with Gasteiger partial charge in [-0.1, -0.05) is 12.8 Å². The van der Waals surface area contributed by atoms with E-state index in [2.05, 4.69) is 5.32 Å². The first-order valence-corrected chi connectivity index (χ1v) is 6.36. The molecule has 3 fully saturated rings. The standard InChI is InChI=1S/C12H18N2O2/c15-11-5-6-14(11)12(16)10-7-8-3-1-2-4-9(8)13-10/h8-10,13H,1-7H2/t8-,9-,10-/m0/s1. The lowest BCUT2D eigenvalue weighted by atomic mass is 9.85. The van der Waals surface area contributed by atoms with Crippen LogP contribution in [0.1, 0.15) is 38.5 Å². The molecule has 2 saturated heterocycles. The van der Waals surface area contributed by atoms with Gasteiger partial charge in [-0.3, -0.25) is 14.5 Å². The van der Waals surface area contributed by atoms with Crippen LogP contribution in [0.4, 0.5) is 0 Å².